The normalized spacial score (nSPS) is 16.8. The molecule has 138 valence electrons. The van der Waals surface area contributed by atoms with Crippen molar-refractivity contribution >= 4 is 5.91 Å². The number of amides is 1. The van der Waals surface area contributed by atoms with Gasteiger partial charge in [0.15, 0.2) is 0 Å². The molecule has 0 spiro atoms. The largest absolute Gasteiger partial charge is 0.496 e. The third kappa shape index (κ3) is 4.41. The molecule has 2 heterocycles. The molecule has 1 aliphatic heterocycles. The smallest absolute Gasteiger partial charge is 0.319 e. The Labute approximate surface area is 152 Å². The zero-order chi connectivity index (χ0) is 18.4. The quantitative estimate of drug-likeness (QED) is 0.788. The first-order chi connectivity index (χ1) is 12.7. The van der Waals surface area contributed by atoms with Gasteiger partial charge in [-0.2, -0.15) is 4.98 Å². The van der Waals surface area contributed by atoms with E-state index in [9.17, 15) is 4.79 Å². The standard InChI is InChI=1S/C19H23N3O4/c1-24-16-8-4-3-6-14(16)12-18(23)22-11-5-7-15(13-22)26-17-9-10-20-19(21-17)25-2/h3-4,6,8-10,15H,5,7,11-13H2,1-2H3. The lowest BCUT2D eigenvalue weighted by Gasteiger charge is -2.32. The highest BCUT2D eigenvalue weighted by atomic mass is 16.5. The van der Waals surface area contributed by atoms with E-state index in [-0.39, 0.29) is 18.0 Å². The number of piperidine rings is 1. The van der Waals surface area contributed by atoms with Crippen LogP contribution in [0, 0.1) is 0 Å². The van der Waals surface area contributed by atoms with Crippen molar-refractivity contribution in [2.75, 3.05) is 27.3 Å². The second-order valence-electron chi connectivity index (χ2n) is 6.09. The van der Waals surface area contributed by atoms with E-state index in [1.807, 2.05) is 29.2 Å². The van der Waals surface area contributed by atoms with Crippen molar-refractivity contribution in [2.45, 2.75) is 25.4 Å². The van der Waals surface area contributed by atoms with Gasteiger partial charge in [0.1, 0.15) is 11.9 Å². The third-order valence-corrected chi connectivity index (χ3v) is 4.34. The maximum Gasteiger partial charge on any atom is 0.319 e. The molecule has 1 amide bonds. The first kappa shape index (κ1) is 18.0. The Hall–Kier alpha value is -2.83. The minimum Gasteiger partial charge on any atom is -0.496 e. The van der Waals surface area contributed by atoms with Crippen LogP contribution in [0.1, 0.15) is 18.4 Å². The highest BCUT2D eigenvalue weighted by molar-refractivity contribution is 5.79. The Bertz CT molecular complexity index is 753. The fourth-order valence-corrected chi connectivity index (χ4v) is 3.04. The summed E-state index contributed by atoms with van der Waals surface area (Å²) < 4.78 is 16.3. The Kier molecular flexibility index (Phi) is 5.88. The van der Waals surface area contributed by atoms with Crippen molar-refractivity contribution in [2.24, 2.45) is 0 Å². The SMILES string of the molecule is COc1nccc(OC2CCCN(C(=O)Cc3ccccc3OC)C2)n1. The molecule has 1 unspecified atom stereocenters. The van der Waals surface area contributed by atoms with Crippen LogP contribution >= 0.6 is 0 Å². The van der Waals surface area contributed by atoms with Crippen LogP contribution in [0.5, 0.6) is 17.6 Å². The lowest BCUT2D eigenvalue weighted by Crippen LogP contribution is -2.45. The highest BCUT2D eigenvalue weighted by Crippen LogP contribution is 2.21. The van der Waals surface area contributed by atoms with Gasteiger partial charge in [-0.25, -0.2) is 4.98 Å². The molecule has 1 atom stereocenters. The number of benzene rings is 1. The first-order valence-electron chi connectivity index (χ1n) is 8.63. The van der Waals surface area contributed by atoms with E-state index >= 15 is 0 Å². The van der Waals surface area contributed by atoms with E-state index in [1.165, 1.54) is 7.11 Å². The summed E-state index contributed by atoms with van der Waals surface area (Å²) in [5, 5.41) is 0. The van der Waals surface area contributed by atoms with E-state index < -0.39 is 0 Å². The van der Waals surface area contributed by atoms with Crippen molar-refractivity contribution in [3.05, 3.63) is 42.1 Å². The summed E-state index contributed by atoms with van der Waals surface area (Å²) in [5.74, 6) is 1.27. The van der Waals surface area contributed by atoms with Gasteiger partial charge in [0, 0.05) is 24.4 Å². The molecule has 7 nitrogen and oxygen atoms in total. The van der Waals surface area contributed by atoms with Gasteiger partial charge in [0.25, 0.3) is 0 Å². The Morgan fingerprint density at radius 1 is 1.23 bits per heavy atom. The van der Waals surface area contributed by atoms with E-state index in [2.05, 4.69) is 9.97 Å². The van der Waals surface area contributed by atoms with Crippen LogP contribution in [0.2, 0.25) is 0 Å². The highest BCUT2D eigenvalue weighted by Gasteiger charge is 2.26. The molecule has 3 rings (SSSR count). The number of hydrogen-bond acceptors (Lipinski definition) is 6. The molecule has 0 bridgehead atoms. The lowest BCUT2D eigenvalue weighted by molar-refractivity contribution is -0.133. The number of aromatic nitrogens is 2. The van der Waals surface area contributed by atoms with Gasteiger partial charge in [-0.3, -0.25) is 4.79 Å². The maximum absolute atomic E-state index is 12.7. The Morgan fingerprint density at radius 3 is 2.88 bits per heavy atom. The van der Waals surface area contributed by atoms with Crippen LogP contribution in [0.3, 0.4) is 0 Å². The predicted molar refractivity (Wildman–Crippen MR) is 95.5 cm³/mol. The summed E-state index contributed by atoms with van der Waals surface area (Å²) in [7, 11) is 3.13. The van der Waals surface area contributed by atoms with Crippen LogP contribution in [-0.4, -0.2) is 54.2 Å². The molecule has 1 aromatic carbocycles. The first-order valence-corrected chi connectivity index (χ1v) is 8.63. The monoisotopic (exact) mass is 357 g/mol. The topological polar surface area (TPSA) is 73.8 Å². The molecule has 1 aliphatic rings. The van der Waals surface area contributed by atoms with Gasteiger partial charge >= 0.3 is 6.01 Å². The second-order valence-corrected chi connectivity index (χ2v) is 6.09. The summed E-state index contributed by atoms with van der Waals surface area (Å²) in [5.41, 5.74) is 0.892. The van der Waals surface area contributed by atoms with Crippen LogP contribution in [0.15, 0.2) is 36.5 Å². The minimum atomic E-state index is -0.0926. The van der Waals surface area contributed by atoms with Crippen molar-refractivity contribution in [1.29, 1.82) is 0 Å². The second kappa shape index (κ2) is 8.51. The average Bonchev–Trinajstić information content (AvgIpc) is 2.68. The molecule has 0 radical (unpaired) electrons. The van der Waals surface area contributed by atoms with Gasteiger partial charge in [-0.05, 0) is 18.9 Å². The van der Waals surface area contributed by atoms with Crippen molar-refractivity contribution in [3.8, 4) is 17.6 Å². The fraction of sp³-hybridized carbons (Fsp3) is 0.421. The summed E-state index contributed by atoms with van der Waals surface area (Å²) in [6.45, 7) is 1.28. The van der Waals surface area contributed by atoms with Crippen LogP contribution in [0.4, 0.5) is 0 Å². The molecule has 0 N–H and O–H groups in total. The van der Waals surface area contributed by atoms with Crippen molar-refractivity contribution in [1.82, 2.24) is 14.9 Å². The number of likely N-dealkylation sites (tertiary alicyclic amines) is 1. The van der Waals surface area contributed by atoms with Crippen molar-refractivity contribution in [3.63, 3.8) is 0 Å². The molecule has 1 saturated heterocycles. The zero-order valence-corrected chi connectivity index (χ0v) is 15.1. The van der Waals surface area contributed by atoms with Gasteiger partial charge in [0.05, 0.1) is 27.2 Å². The summed E-state index contributed by atoms with van der Waals surface area (Å²) in [4.78, 5) is 22.7. The number of carbonyl (C=O) groups excluding carboxylic acids is 1. The zero-order valence-electron chi connectivity index (χ0n) is 15.1. The number of rotatable bonds is 6. The number of ether oxygens (including phenoxy) is 3. The number of hydrogen-bond donors (Lipinski definition) is 0. The summed E-state index contributed by atoms with van der Waals surface area (Å²) >= 11 is 0. The van der Waals surface area contributed by atoms with Crippen LogP contribution in [-0.2, 0) is 11.2 Å². The molecule has 2 aromatic rings. The molecule has 0 saturated carbocycles. The van der Waals surface area contributed by atoms with Crippen LogP contribution in [0.25, 0.3) is 0 Å². The van der Waals surface area contributed by atoms with Gasteiger partial charge in [-0.1, -0.05) is 18.2 Å². The number of nitrogens with zero attached hydrogens (tertiary/aromatic N) is 3. The fourth-order valence-electron chi connectivity index (χ4n) is 3.04. The molecule has 1 fully saturated rings. The molecular weight excluding hydrogens is 334 g/mol. The molecule has 0 aliphatic carbocycles. The van der Waals surface area contributed by atoms with E-state index in [1.54, 1.807) is 19.4 Å². The average molecular weight is 357 g/mol. The summed E-state index contributed by atoms with van der Waals surface area (Å²) in [6, 6.07) is 9.55. The lowest BCUT2D eigenvalue weighted by atomic mass is 10.1. The maximum atomic E-state index is 12.7. The van der Waals surface area contributed by atoms with Crippen molar-refractivity contribution < 1.29 is 19.0 Å². The van der Waals surface area contributed by atoms with Gasteiger partial charge < -0.3 is 19.1 Å². The van der Waals surface area contributed by atoms with E-state index in [4.69, 9.17) is 14.2 Å². The molecule has 1 aromatic heterocycles. The minimum absolute atomic E-state index is 0.0723. The van der Waals surface area contributed by atoms with Crippen LogP contribution < -0.4 is 14.2 Å². The predicted octanol–water partition coefficient (Wildman–Crippen LogP) is 2.11. The van der Waals surface area contributed by atoms with E-state index in [0.29, 0.717) is 18.8 Å². The molecular formula is C19H23N3O4. The van der Waals surface area contributed by atoms with Gasteiger partial charge in [-0.15, -0.1) is 0 Å². The molecule has 7 heteroatoms. The summed E-state index contributed by atoms with van der Waals surface area (Å²) in [6.07, 6.45) is 3.59. The number of methoxy groups -OCH3 is 2. The Balaban J connectivity index is 1.61. The third-order valence-electron chi connectivity index (χ3n) is 4.34. The number of para-hydroxylation sites is 1. The van der Waals surface area contributed by atoms with Gasteiger partial charge in [0.2, 0.25) is 11.8 Å². The van der Waals surface area contributed by atoms with E-state index in [0.717, 1.165) is 30.7 Å². The molecule has 26 heavy (non-hydrogen) atoms. The Morgan fingerprint density at radius 2 is 2.08 bits per heavy atom. The number of carbonyl (C=O) groups is 1.